The number of benzene rings is 3. The Kier molecular flexibility index (Phi) is 21.5. The van der Waals surface area contributed by atoms with Crippen LogP contribution < -0.4 is 18.9 Å². The number of methoxy groups -OCH3 is 2. The van der Waals surface area contributed by atoms with Crippen molar-refractivity contribution < 1.29 is 45.4 Å². The molecule has 0 spiro atoms. The number of sulfone groups is 1. The van der Waals surface area contributed by atoms with Crippen LogP contribution in [0.15, 0.2) is 85.2 Å². The Morgan fingerprint density at radius 3 is 1.74 bits per heavy atom. The van der Waals surface area contributed by atoms with E-state index in [-0.39, 0.29) is 41.7 Å². The molecule has 12 rings (SSSR count). The van der Waals surface area contributed by atoms with E-state index in [4.69, 9.17) is 57.1 Å². The molecule has 0 saturated carbocycles. The van der Waals surface area contributed by atoms with Gasteiger partial charge in [-0.15, -0.1) is 10.2 Å². The molecule has 9 heterocycles. The van der Waals surface area contributed by atoms with Gasteiger partial charge in [0.25, 0.3) is 0 Å². The number of unbranched alkanes of at least 4 members (excludes halogenated alkanes) is 3. The molecule has 12 atom stereocenters. The van der Waals surface area contributed by atoms with E-state index in [1.54, 1.807) is 21.3 Å². The van der Waals surface area contributed by atoms with Crippen molar-refractivity contribution in [2.24, 2.45) is 23.7 Å². The number of nitrogens with zero attached hydrogens (tertiary/aromatic N) is 6. The van der Waals surface area contributed by atoms with Crippen LogP contribution in [0.3, 0.4) is 0 Å². The molecule has 456 valence electrons. The van der Waals surface area contributed by atoms with Gasteiger partial charge in [0, 0.05) is 86.5 Å². The highest BCUT2D eigenvalue weighted by atomic mass is 32.2. The average molecular weight is 1190 g/mol. The largest absolute Gasteiger partial charge is 0.501 e. The van der Waals surface area contributed by atoms with Crippen LogP contribution in [0, 0.1) is 23.7 Å². The lowest BCUT2D eigenvalue weighted by Gasteiger charge is -2.52. The molecular formula is C66H92N6O10SSi. The highest BCUT2D eigenvalue weighted by Crippen LogP contribution is 2.48. The fourth-order valence-corrected chi connectivity index (χ4v) is 18.4. The smallest absolute Gasteiger partial charge is 0.497 e. The summed E-state index contributed by atoms with van der Waals surface area (Å²) in [6, 6.07) is 25.2. The van der Waals surface area contributed by atoms with E-state index in [1.165, 1.54) is 12.8 Å². The Hall–Kier alpha value is -5.05. The van der Waals surface area contributed by atoms with Crippen molar-refractivity contribution in [2.45, 2.75) is 154 Å². The minimum atomic E-state index is -3.22. The third kappa shape index (κ3) is 14.5. The summed E-state index contributed by atoms with van der Waals surface area (Å²) >= 11 is 0. The highest BCUT2D eigenvalue weighted by molar-refractivity contribution is 7.91. The molecule has 6 aliphatic heterocycles. The Balaban J connectivity index is 0.809. The van der Waals surface area contributed by atoms with Crippen LogP contribution >= 0.6 is 0 Å². The van der Waals surface area contributed by atoms with E-state index in [1.807, 2.05) is 61.8 Å². The molecule has 6 aliphatic rings. The van der Waals surface area contributed by atoms with Crippen LogP contribution in [0.4, 0.5) is 0 Å². The Morgan fingerprint density at radius 2 is 1.23 bits per heavy atom. The number of fused-ring (bicyclic) bond motifs is 9. The van der Waals surface area contributed by atoms with Crippen molar-refractivity contribution in [3.63, 3.8) is 0 Å². The molecule has 84 heavy (non-hydrogen) atoms. The first-order chi connectivity index (χ1) is 41.0. The van der Waals surface area contributed by atoms with Crippen LogP contribution in [-0.2, 0) is 27.9 Å². The molecule has 7 unspecified atom stereocenters. The van der Waals surface area contributed by atoms with Crippen molar-refractivity contribution in [3.05, 3.63) is 96.3 Å². The minimum Gasteiger partial charge on any atom is -0.497 e. The van der Waals surface area contributed by atoms with Crippen LogP contribution in [0.5, 0.6) is 23.3 Å². The number of hydrogen-bond donors (Lipinski definition) is 0. The third-order valence-corrected chi connectivity index (χ3v) is 23.7. The van der Waals surface area contributed by atoms with E-state index in [2.05, 4.69) is 60.9 Å². The summed E-state index contributed by atoms with van der Waals surface area (Å²) in [6.07, 6.45) is 16.2. The van der Waals surface area contributed by atoms with Crippen molar-refractivity contribution in [1.82, 2.24) is 30.0 Å². The number of pyridine rings is 2. The van der Waals surface area contributed by atoms with Crippen LogP contribution in [0.25, 0.3) is 32.6 Å². The molecule has 18 heteroatoms. The summed E-state index contributed by atoms with van der Waals surface area (Å²) in [6.45, 7) is 14.3. The van der Waals surface area contributed by atoms with E-state index in [0.29, 0.717) is 62.2 Å². The highest BCUT2D eigenvalue weighted by Gasteiger charge is 2.47. The van der Waals surface area contributed by atoms with Gasteiger partial charge in [-0.1, -0.05) is 58.6 Å². The van der Waals surface area contributed by atoms with Crippen LogP contribution in [-0.4, -0.2) is 144 Å². The number of piperidine rings is 6. The lowest BCUT2D eigenvalue weighted by Crippen LogP contribution is -2.56. The maximum Gasteiger partial charge on any atom is 0.501 e. The van der Waals surface area contributed by atoms with Gasteiger partial charge in [0.2, 0.25) is 11.8 Å². The molecule has 0 N–H and O–H groups in total. The number of ether oxygens (including phenoxy) is 5. The quantitative estimate of drug-likeness (QED) is 0.0282. The monoisotopic (exact) mass is 1190 g/mol. The zero-order valence-electron chi connectivity index (χ0n) is 50.9. The Morgan fingerprint density at radius 1 is 0.655 bits per heavy atom. The number of rotatable bonds is 33. The predicted octanol–water partition coefficient (Wildman–Crippen LogP) is 12.8. The van der Waals surface area contributed by atoms with E-state index in [0.717, 1.165) is 152 Å². The summed E-state index contributed by atoms with van der Waals surface area (Å²) in [5.74, 6) is 4.74. The van der Waals surface area contributed by atoms with Crippen LogP contribution in [0.1, 0.15) is 141 Å². The molecule has 6 saturated heterocycles. The zero-order valence-corrected chi connectivity index (χ0v) is 52.7. The Bertz CT molecular complexity index is 3220. The maximum atomic E-state index is 13.6. The van der Waals surface area contributed by atoms with Crippen molar-refractivity contribution in [3.8, 4) is 23.3 Å². The summed E-state index contributed by atoms with van der Waals surface area (Å²) < 4.78 is 78.1. The summed E-state index contributed by atoms with van der Waals surface area (Å²) in [5, 5.41) is 13.5. The predicted molar refractivity (Wildman–Crippen MR) is 333 cm³/mol. The molecule has 6 fully saturated rings. The van der Waals surface area contributed by atoms with Crippen molar-refractivity contribution in [2.75, 3.05) is 78.8 Å². The van der Waals surface area contributed by atoms with Crippen molar-refractivity contribution >= 4 is 51.2 Å². The third-order valence-electron chi connectivity index (χ3n) is 18.9. The van der Waals surface area contributed by atoms with Gasteiger partial charge in [-0.05, 0) is 169 Å². The Labute approximate surface area is 500 Å². The zero-order chi connectivity index (χ0) is 58.6. The maximum absolute atomic E-state index is 13.6. The number of hydrogen-bond acceptors (Lipinski definition) is 16. The summed E-state index contributed by atoms with van der Waals surface area (Å²) in [4.78, 5) is 14.7. The van der Waals surface area contributed by atoms with Gasteiger partial charge in [-0.3, -0.25) is 19.8 Å². The normalized spacial score (nSPS) is 24.0. The SMILES string of the molecule is CCCC(CC)O[Si](CCCOCCCCCCS(=O)(=O)CCC1CN2CC[C@@H]1C[C@H]2[C@H](Oc1nnc(O[C@H](c2ccnc3ccc(OC)cc23)[C@@H]2CC3CCN2CC3CC)c2ccccc12)c1ccnc2ccc(OC)cc12)(OC)OCC. The van der Waals surface area contributed by atoms with Gasteiger partial charge >= 0.3 is 8.80 Å². The standard InChI is InChI=1S/C66H92N6O10SSi/c1-8-19-50(10-3)82-84(77-7,79-11-4)39-18-36-78-35-16-12-13-17-37-83(73,74)38-30-49-45-72-34-29-48(49)41-62(72)64(54-27-32-68-60-25-23-52(76-6)43-58(54)60)81-66-56-21-15-14-20-55(56)65(69-70-66)80-63(61-40-47-28-33-71(61)44-46(47)9-2)53-26-31-67-59-24-22-51(75-5)42-57(53)59/h14-15,20-27,31-32,42-43,46-50,61-64H,8-13,16-19,28-30,33-41,44-45H2,1-7H3/t46?,47?,48-,49?,50?,61+,62+,63-,64-,84?/m1/s1. The lowest BCUT2D eigenvalue weighted by molar-refractivity contribution is -0.0504. The summed E-state index contributed by atoms with van der Waals surface area (Å²) in [5.41, 5.74) is 3.77. The minimum absolute atomic E-state index is 0.0214. The molecule has 0 aliphatic carbocycles. The van der Waals surface area contributed by atoms with Gasteiger partial charge in [-0.2, -0.15) is 0 Å². The second kappa shape index (κ2) is 29.1. The summed E-state index contributed by atoms with van der Waals surface area (Å²) in [7, 11) is -0.884. The van der Waals surface area contributed by atoms with Gasteiger partial charge < -0.3 is 37.0 Å². The van der Waals surface area contributed by atoms with E-state index in [9.17, 15) is 8.42 Å². The van der Waals surface area contributed by atoms with Gasteiger partial charge in [0.1, 0.15) is 33.5 Å². The topological polar surface area (TPSA) is 166 Å². The first-order valence-electron chi connectivity index (χ1n) is 31.6. The molecular weight excluding hydrogens is 1100 g/mol. The molecule has 4 bridgehead atoms. The fourth-order valence-electron chi connectivity index (χ4n) is 14.3. The van der Waals surface area contributed by atoms with Gasteiger partial charge in [-0.25, -0.2) is 8.42 Å². The molecule has 0 amide bonds. The van der Waals surface area contributed by atoms with Crippen molar-refractivity contribution in [1.29, 1.82) is 0 Å². The second-order valence-corrected chi connectivity index (χ2v) is 29.1. The molecule has 0 radical (unpaired) electrons. The first kappa shape index (κ1) is 62.0. The molecule has 6 aromatic rings. The average Bonchev–Trinajstić information content (AvgIpc) is 1.42. The fraction of sp³-hybridized carbons (Fsp3) is 0.606. The molecule has 3 aromatic carbocycles. The first-order valence-corrected chi connectivity index (χ1v) is 35.3. The van der Waals surface area contributed by atoms with E-state index >= 15 is 0 Å². The van der Waals surface area contributed by atoms with Crippen LogP contribution in [0.2, 0.25) is 6.04 Å². The lowest BCUT2D eigenvalue weighted by atomic mass is 9.72. The van der Waals surface area contributed by atoms with Gasteiger partial charge in [0.05, 0.1) is 59.6 Å². The van der Waals surface area contributed by atoms with Gasteiger partial charge in [0.15, 0.2) is 0 Å². The second-order valence-electron chi connectivity index (χ2n) is 23.9. The number of aromatic nitrogens is 4. The molecule has 3 aromatic heterocycles. The van der Waals surface area contributed by atoms with E-state index < -0.39 is 24.7 Å². The molecule has 16 nitrogen and oxygen atoms in total.